The zero-order valence-electron chi connectivity index (χ0n) is 24.9. The molecule has 0 radical (unpaired) electrons. The smallest absolute Gasteiger partial charge is 0.316 e. The average Bonchev–Trinajstić information content (AvgIpc) is 3.67. The summed E-state index contributed by atoms with van der Waals surface area (Å²) in [5.41, 5.74) is -0.377. The van der Waals surface area contributed by atoms with Crippen molar-refractivity contribution in [2.24, 2.45) is 46.3 Å². The monoisotopic (exact) mass is 526 g/mol. The van der Waals surface area contributed by atoms with Crippen LogP contribution in [0.3, 0.4) is 0 Å². The lowest BCUT2D eigenvalue weighted by Gasteiger charge is -2.46. The predicted molar refractivity (Wildman–Crippen MR) is 150 cm³/mol. The molecule has 4 saturated carbocycles. The Morgan fingerprint density at radius 3 is 2.13 bits per heavy atom. The summed E-state index contributed by atoms with van der Waals surface area (Å²) in [6.45, 7) is 15.7. The molecule has 1 N–H and O–H groups in total. The van der Waals surface area contributed by atoms with Crippen molar-refractivity contribution in [1.82, 2.24) is 0 Å². The van der Waals surface area contributed by atoms with E-state index < -0.39 is 5.41 Å². The molecule has 7 atom stereocenters. The SMILES string of the molecule is CCC(C)(C)C(=O)OC1(CC)CC2CC1C1C3CCC(C3)C21.CCC(C)(C)C(=O)Oc1cccc(O)c1C. The number of phenols is 1. The molecule has 4 aliphatic carbocycles. The summed E-state index contributed by atoms with van der Waals surface area (Å²) in [6.07, 6.45) is 9.50. The Labute approximate surface area is 230 Å². The van der Waals surface area contributed by atoms with E-state index in [2.05, 4.69) is 13.8 Å². The van der Waals surface area contributed by atoms with Crippen molar-refractivity contribution in [3.8, 4) is 11.5 Å². The van der Waals surface area contributed by atoms with E-state index in [1.165, 1.54) is 25.7 Å². The number of fused-ring (bicyclic) bond motifs is 9. The van der Waals surface area contributed by atoms with Crippen LogP contribution in [-0.2, 0) is 14.3 Å². The molecule has 0 amide bonds. The molecule has 212 valence electrons. The molecule has 0 spiro atoms. The van der Waals surface area contributed by atoms with Crippen LogP contribution in [0.4, 0.5) is 0 Å². The van der Waals surface area contributed by atoms with Crippen molar-refractivity contribution in [3.63, 3.8) is 0 Å². The Morgan fingerprint density at radius 1 is 0.921 bits per heavy atom. The molecule has 38 heavy (non-hydrogen) atoms. The molecular formula is C33H50O5. The molecule has 0 heterocycles. The fourth-order valence-corrected chi connectivity index (χ4v) is 7.86. The lowest BCUT2D eigenvalue weighted by molar-refractivity contribution is -0.183. The summed E-state index contributed by atoms with van der Waals surface area (Å²) in [4.78, 5) is 24.5. The van der Waals surface area contributed by atoms with E-state index in [0.717, 1.165) is 48.9 Å². The van der Waals surface area contributed by atoms with Crippen LogP contribution in [0.25, 0.3) is 0 Å². The van der Waals surface area contributed by atoms with E-state index in [1.54, 1.807) is 25.1 Å². The highest BCUT2D eigenvalue weighted by atomic mass is 16.6. The number of carbonyl (C=O) groups excluding carboxylic acids is 2. The zero-order chi connectivity index (χ0) is 28.0. The van der Waals surface area contributed by atoms with Gasteiger partial charge in [0.05, 0.1) is 10.8 Å². The predicted octanol–water partition coefficient (Wildman–Crippen LogP) is 7.86. The van der Waals surface area contributed by atoms with Crippen LogP contribution in [0.5, 0.6) is 11.5 Å². The second-order valence-electron chi connectivity index (χ2n) is 13.9. The van der Waals surface area contributed by atoms with Gasteiger partial charge in [-0.05, 0) is 128 Å². The summed E-state index contributed by atoms with van der Waals surface area (Å²) in [5, 5.41) is 9.48. The van der Waals surface area contributed by atoms with Crippen LogP contribution >= 0.6 is 0 Å². The van der Waals surface area contributed by atoms with Gasteiger partial charge in [0.1, 0.15) is 17.1 Å². The number of aromatic hydroxyl groups is 1. The van der Waals surface area contributed by atoms with E-state index in [1.807, 2.05) is 34.6 Å². The lowest BCUT2D eigenvalue weighted by atomic mass is 9.65. The minimum Gasteiger partial charge on any atom is -0.508 e. The summed E-state index contributed by atoms with van der Waals surface area (Å²) in [7, 11) is 0. The van der Waals surface area contributed by atoms with Gasteiger partial charge < -0.3 is 14.6 Å². The van der Waals surface area contributed by atoms with Crippen LogP contribution < -0.4 is 4.74 Å². The molecule has 0 aromatic heterocycles. The fourth-order valence-electron chi connectivity index (χ4n) is 7.86. The Bertz CT molecular complexity index is 1040. The molecule has 1 aromatic carbocycles. The Balaban J connectivity index is 0.000000188. The highest BCUT2D eigenvalue weighted by molar-refractivity contribution is 5.78. The number of hydrogen-bond donors (Lipinski definition) is 1. The maximum atomic E-state index is 12.7. The van der Waals surface area contributed by atoms with Crippen molar-refractivity contribution in [2.75, 3.05) is 0 Å². The third kappa shape index (κ3) is 4.99. The Morgan fingerprint density at radius 2 is 1.53 bits per heavy atom. The van der Waals surface area contributed by atoms with E-state index >= 15 is 0 Å². The van der Waals surface area contributed by atoms with Crippen LogP contribution in [0.1, 0.15) is 105 Å². The number of esters is 2. The van der Waals surface area contributed by atoms with Gasteiger partial charge in [0, 0.05) is 11.5 Å². The summed E-state index contributed by atoms with van der Waals surface area (Å²) < 4.78 is 11.6. The number of benzene rings is 1. The average molecular weight is 527 g/mol. The molecule has 4 fully saturated rings. The van der Waals surface area contributed by atoms with Gasteiger partial charge in [0.2, 0.25) is 0 Å². The molecule has 5 nitrogen and oxygen atoms in total. The molecule has 4 bridgehead atoms. The van der Waals surface area contributed by atoms with Crippen molar-refractivity contribution in [1.29, 1.82) is 0 Å². The van der Waals surface area contributed by atoms with Crippen LogP contribution in [0, 0.1) is 53.3 Å². The van der Waals surface area contributed by atoms with Gasteiger partial charge >= 0.3 is 11.9 Å². The van der Waals surface area contributed by atoms with E-state index in [9.17, 15) is 14.7 Å². The van der Waals surface area contributed by atoms with Gasteiger partial charge in [0.25, 0.3) is 0 Å². The molecule has 4 aliphatic rings. The van der Waals surface area contributed by atoms with E-state index in [-0.39, 0.29) is 28.7 Å². The quantitative estimate of drug-likeness (QED) is 0.222. The molecule has 1 aromatic rings. The normalized spacial score (nSPS) is 32.9. The molecular weight excluding hydrogens is 476 g/mol. The molecule has 5 rings (SSSR count). The second-order valence-corrected chi connectivity index (χ2v) is 13.9. The Hall–Kier alpha value is -2.04. The van der Waals surface area contributed by atoms with Gasteiger partial charge in [-0.15, -0.1) is 0 Å². The van der Waals surface area contributed by atoms with Crippen LogP contribution in [0.2, 0.25) is 0 Å². The highest BCUT2D eigenvalue weighted by Gasteiger charge is 2.68. The number of rotatable bonds is 7. The summed E-state index contributed by atoms with van der Waals surface area (Å²) in [6, 6.07) is 4.90. The van der Waals surface area contributed by atoms with E-state index in [4.69, 9.17) is 9.47 Å². The lowest BCUT2D eigenvalue weighted by Crippen LogP contribution is -2.49. The molecule has 7 unspecified atom stereocenters. The van der Waals surface area contributed by atoms with Gasteiger partial charge in [-0.3, -0.25) is 9.59 Å². The number of carbonyl (C=O) groups is 2. The zero-order valence-corrected chi connectivity index (χ0v) is 24.9. The summed E-state index contributed by atoms with van der Waals surface area (Å²) >= 11 is 0. The first-order chi connectivity index (χ1) is 17.8. The minimum atomic E-state index is -0.502. The van der Waals surface area contributed by atoms with Gasteiger partial charge in [-0.1, -0.05) is 26.8 Å². The van der Waals surface area contributed by atoms with Crippen LogP contribution in [-0.4, -0.2) is 22.6 Å². The number of ether oxygens (including phenoxy) is 2. The van der Waals surface area contributed by atoms with Crippen molar-refractivity contribution >= 4 is 11.9 Å². The minimum absolute atomic E-state index is 0.0455. The standard InChI is InChI=1S/C20H32O2.C13H18O3/c1-5-19(3,4)18(21)22-20(6-2)11-14-10-15(20)17-13-8-7-12(9-13)16(14)17;1-5-13(3,4)12(15)16-11-8-6-7-10(14)9(11)2/h12-17H,5-11H2,1-4H3;6-8,14H,5H2,1-4H3. The van der Waals surface area contributed by atoms with Crippen molar-refractivity contribution < 1.29 is 24.2 Å². The van der Waals surface area contributed by atoms with Gasteiger partial charge in [-0.2, -0.15) is 0 Å². The maximum Gasteiger partial charge on any atom is 0.316 e. The molecule has 0 saturated heterocycles. The van der Waals surface area contributed by atoms with Crippen LogP contribution in [0.15, 0.2) is 18.2 Å². The Kier molecular flexibility index (Phi) is 8.00. The van der Waals surface area contributed by atoms with Gasteiger partial charge in [-0.25, -0.2) is 0 Å². The largest absolute Gasteiger partial charge is 0.508 e. The second kappa shape index (κ2) is 10.5. The topological polar surface area (TPSA) is 72.8 Å². The molecule has 0 aliphatic heterocycles. The number of phenolic OH excluding ortho intramolecular Hbond substituents is 1. The third-order valence-corrected chi connectivity index (χ3v) is 11.1. The number of hydrogen-bond acceptors (Lipinski definition) is 5. The first-order valence-corrected chi connectivity index (χ1v) is 15.0. The third-order valence-electron chi connectivity index (χ3n) is 11.1. The first-order valence-electron chi connectivity index (χ1n) is 15.0. The fraction of sp³-hybridized carbons (Fsp3) is 0.758. The van der Waals surface area contributed by atoms with Gasteiger partial charge in [0.15, 0.2) is 0 Å². The first kappa shape index (κ1) is 29.0. The highest BCUT2D eigenvalue weighted by Crippen LogP contribution is 2.71. The molecule has 5 heteroatoms. The van der Waals surface area contributed by atoms with Crippen molar-refractivity contribution in [3.05, 3.63) is 23.8 Å². The maximum absolute atomic E-state index is 12.7. The summed E-state index contributed by atoms with van der Waals surface area (Å²) in [5.74, 6) is 5.69. The van der Waals surface area contributed by atoms with Crippen molar-refractivity contribution in [2.45, 2.75) is 112 Å². The van der Waals surface area contributed by atoms with E-state index in [0.29, 0.717) is 23.7 Å².